The van der Waals surface area contributed by atoms with Gasteiger partial charge in [0, 0.05) is 25.6 Å². The average molecular weight is 499 g/mol. The van der Waals surface area contributed by atoms with E-state index in [1.165, 1.54) is 11.6 Å². The summed E-state index contributed by atoms with van der Waals surface area (Å²) in [6.45, 7) is 0. The Morgan fingerprint density at radius 3 is 2.14 bits per heavy atom. The van der Waals surface area contributed by atoms with Gasteiger partial charge < -0.3 is 0 Å². The van der Waals surface area contributed by atoms with Crippen LogP contribution >= 0.6 is 59.4 Å². The monoisotopic (exact) mass is 496 g/mol. The van der Waals surface area contributed by atoms with Crippen LogP contribution in [0.4, 0.5) is 4.39 Å². The number of halogens is 5. The van der Waals surface area contributed by atoms with Crippen molar-refractivity contribution < 1.29 is 4.39 Å². The Kier molecular flexibility index (Phi) is 6.30. The van der Waals surface area contributed by atoms with Crippen LogP contribution in [0.5, 0.6) is 0 Å². The lowest BCUT2D eigenvalue weighted by Crippen LogP contribution is -2.33. The van der Waals surface area contributed by atoms with Crippen molar-refractivity contribution >= 4 is 59.4 Å². The van der Waals surface area contributed by atoms with Gasteiger partial charge >= 0.3 is 0 Å². The predicted molar refractivity (Wildman–Crippen MR) is 98.5 cm³/mol. The van der Waals surface area contributed by atoms with Crippen LogP contribution in [0.25, 0.3) is 0 Å². The van der Waals surface area contributed by atoms with Crippen molar-refractivity contribution in [3.63, 3.8) is 0 Å². The molecule has 0 atom stereocenters. The van der Waals surface area contributed by atoms with Crippen molar-refractivity contribution in [3.8, 4) is 0 Å². The molecule has 0 unspecified atom stereocenters. The molecule has 0 nitrogen and oxygen atoms in total. The van der Waals surface area contributed by atoms with Gasteiger partial charge in [-0.3, -0.25) is 0 Å². The van der Waals surface area contributed by atoms with Gasteiger partial charge in [0.15, 0.2) is 0 Å². The van der Waals surface area contributed by atoms with Crippen molar-refractivity contribution in [2.24, 2.45) is 0 Å². The fourth-order valence-corrected chi connectivity index (χ4v) is 4.91. The Labute approximate surface area is 154 Å². The SMILES string of the molecule is Fc1cc(Br)cc(CC(CBr)(CBr)c2ccc(Cl)cc2)c1. The Hall–Kier alpha value is 0.1000. The first-order valence-electron chi connectivity index (χ1n) is 6.32. The third-order valence-electron chi connectivity index (χ3n) is 3.43. The summed E-state index contributed by atoms with van der Waals surface area (Å²) < 4.78 is 14.4. The molecular weight excluding hydrogens is 486 g/mol. The minimum atomic E-state index is -0.228. The molecule has 2 aromatic carbocycles. The molecule has 112 valence electrons. The molecule has 0 bridgehead atoms. The van der Waals surface area contributed by atoms with Gasteiger partial charge in [-0.15, -0.1) is 0 Å². The van der Waals surface area contributed by atoms with Crippen LogP contribution in [0.1, 0.15) is 11.1 Å². The van der Waals surface area contributed by atoms with Crippen LogP contribution in [-0.4, -0.2) is 10.7 Å². The molecule has 21 heavy (non-hydrogen) atoms. The van der Waals surface area contributed by atoms with Crippen molar-refractivity contribution in [2.45, 2.75) is 11.8 Å². The van der Waals surface area contributed by atoms with Crippen LogP contribution in [0.3, 0.4) is 0 Å². The molecule has 0 aliphatic rings. The second-order valence-electron chi connectivity index (χ2n) is 5.01. The Morgan fingerprint density at radius 1 is 1.00 bits per heavy atom. The summed E-state index contributed by atoms with van der Waals surface area (Å²) in [6, 6.07) is 12.8. The first kappa shape index (κ1) is 17.5. The zero-order valence-electron chi connectivity index (χ0n) is 11.1. The van der Waals surface area contributed by atoms with Gasteiger partial charge in [0.05, 0.1) is 0 Å². The highest BCUT2D eigenvalue weighted by Gasteiger charge is 2.30. The molecule has 5 heteroatoms. The summed E-state index contributed by atoms with van der Waals surface area (Å²) in [7, 11) is 0. The summed E-state index contributed by atoms with van der Waals surface area (Å²) in [4.78, 5) is 0. The number of hydrogen-bond acceptors (Lipinski definition) is 0. The third-order valence-corrected chi connectivity index (χ3v) is 6.29. The van der Waals surface area contributed by atoms with Gasteiger partial charge in [-0.1, -0.05) is 71.5 Å². The second-order valence-corrected chi connectivity index (χ2v) is 7.48. The first-order valence-corrected chi connectivity index (χ1v) is 9.73. The summed E-state index contributed by atoms with van der Waals surface area (Å²) in [5.41, 5.74) is 1.97. The number of hydrogen-bond donors (Lipinski definition) is 0. The van der Waals surface area contributed by atoms with Gasteiger partial charge in [-0.25, -0.2) is 4.39 Å². The fourth-order valence-electron chi connectivity index (χ4n) is 2.29. The van der Waals surface area contributed by atoms with Gasteiger partial charge in [0.1, 0.15) is 5.82 Å². The van der Waals surface area contributed by atoms with Gasteiger partial charge in [0.25, 0.3) is 0 Å². The zero-order valence-corrected chi connectivity index (χ0v) is 16.6. The van der Waals surface area contributed by atoms with Crippen molar-refractivity contribution in [3.05, 3.63) is 68.9 Å². The first-order chi connectivity index (χ1) is 9.99. The van der Waals surface area contributed by atoms with E-state index >= 15 is 0 Å². The molecule has 0 saturated carbocycles. The smallest absolute Gasteiger partial charge is 0.124 e. The van der Waals surface area contributed by atoms with E-state index in [4.69, 9.17) is 11.6 Å². The van der Waals surface area contributed by atoms with E-state index in [0.29, 0.717) is 5.02 Å². The zero-order chi connectivity index (χ0) is 15.5. The largest absolute Gasteiger partial charge is 0.207 e. The van der Waals surface area contributed by atoms with E-state index in [0.717, 1.165) is 27.1 Å². The number of alkyl halides is 2. The van der Waals surface area contributed by atoms with E-state index in [1.54, 1.807) is 6.07 Å². The topological polar surface area (TPSA) is 0 Å². The molecular formula is C16H13Br3ClF. The van der Waals surface area contributed by atoms with Gasteiger partial charge in [-0.05, 0) is 47.9 Å². The quantitative estimate of drug-likeness (QED) is 0.412. The third kappa shape index (κ3) is 4.31. The van der Waals surface area contributed by atoms with E-state index in [9.17, 15) is 4.39 Å². The van der Waals surface area contributed by atoms with Crippen LogP contribution in [-0.2, 0) is 11.8 Å². The Balaban J connectivity index is 2.40. The lowest BCUT2D eigenvalue weighted by molar-refractivity contribution is 0.546. The highest BCUT2D eigenvalue weighted by atomic mass is 79.9. The molecule has 0 spiro atoms. The Morgan fingerprint density at radius 2 is 1.62 bits per heavy atom. The predicted octanol–water partition coefficient (Wildman–Crippen LogP) is 6.51. The van der Waals surface area contributed by atoms with Gasteiger partial charge in [0.2, 0.25) is 0 Å². The van der Waals surface area contributed by atoms with Gasteiger partial charge in [-0.2, -0.15) is 0 Å². The Bertz CT molecular complexity index is 589. The maximum atomic E-state index is 13.6. The number of benzene rings is 2. The number of rotatable bonds is 5. The summed E-state index contributed by atoms with van der Waals surface area (Å²) in [5, 5.41) is 2.24. The minimum Gasteiger partial charge on any atom is -0.207 e. The maximum Gasteiger partial charge on any atom is 0.124 e. The van der Waals surface area contributed by atoms with E-state index in [1.807, 2.05) is 30.3 Å². The maximum absolute atomic E-state index is 13.6. The standard InChI is InChI=1S/C16H13Br3ClF/c17-9-16(10-18,12-1-3-14(20)4-2-12)8-11-5-13(19)7-15(21)6-11/h1-7H,8-10H2. The summed E-state index contributed by atoms with van der Waals surface area (Å²) in [6.07, 6.45) is 0.724. The fraction of sp³-hybridized carbons (Fsp3) is 0.250. The molecule has 0 aromatic heterocycles. The van der Waals surface area contributed by atoms with Crippen LogP contribution < -0.4 is 0 Å². The second kappa shape index (κ2) is 7.58. The van der Waals surface area contributed by atoms with E-state index in [2.05, 4.69) is 47.8 Å². The van der Waals surface area contributed by atoms with E-state index in [-0.39, 0.29) is 11.2 Å². The molecule has 0 N–H and O–H groups in total. The normalized spacial score (nSPS) is 11.7. The molecule has 0 radical (unpaired) electrons. The molecule has 0 fully saturated rings. The molecule has 0 amide bonds. The van der Waals surface area contributed by atoms with Crippen LogP contribution in [0.15, 0.2) is 46.9 Å². The highest BCUT2D eigenvalue weighted by Crippen LogP contribution is 2.34. The summed E-state index contributed by atoms with van der Waals surface area (Å²) in [5.74, 6) is -0.228. The van der Waals surface area contributed by atoms with Crippen molar-refractivity contribution in [2.75, 3.05) is 10.7 Å². The molecule has 0 saturated heterocycles. The van der Waals surface area contributed by atoms with Crippen molar-refractivity contribution in [1.29, 1.82) is 0 Å². The lowest BCUT2D eigenvalue weighted by atomic mass is 9.79. The highest BCUT2D eigenvalue weighted by molar-refractivity contribution is 9.10. The molecule has 2 aromatic rings. The minimum absolute atomic E-state index is 0.155. The average Bonchev–Trinajstić information content (AvgIpc) is 2.45. The molecule has 0 aliphatic heterocycles. The van der Waals surface area contributed by atoms with Crippen LogP contribution in [0, 0.1) is 5.82 Å². The van der Waals surface area contributed by atoms with Crippen molar-refractivity contribution in [1.82, 2.24) is 0 Å². The lowest BCUT2D eigenvalue weighted by Gasteiger charge is -2.31. The van der Waals surface area contributed by atoms with E-state index < -0.39 is 0 Å². The molecule has 2 rings (SSSR count). The molecule has 0 heterocycles. The summed E-state index contributed by atoms with van der Waals surface area (Å²) >= 11 is 16.5. The van der Waals surface area contributed by atoms with Crippen LogP contribution in [0.2, 0.25) is 5.02 Å². The molecule has 0 aliphatic carbocycles.